The maximum absolute atomic E-state index is 5.31. The summed E-state index contributed by atoms with van der Waals surface area (Å²) in [5, 5.41) is 3.37. The van der Waals surface area contributed by atoms with Crippen molar-refractivity contribution in [3.8, 4) is 5.75 Å². The predicted molar refractivity (Wildman–Crippen MR) is 87.1 cm³/mol. The number of rotatable bonds is 5. The Hall–Kier alpha value is -1.29. The molecule has 1 aliphatic carbocycles. The Morgan fingerprint density at radius 2 is 2.20 bits per heavy atom. The van der Waals surface area contributed by atoms with Gasteiger partial charge in [-0.2, -0.15) is 0 Å². The van der Waals surface area contributed by atoms with Crippen molar-refractivity contribution in [1.82, 2.24) is 4.98 Å². The second-order valence-electron chi connectivity index (χ2n) is 5.19. The third kappa shape index (κ3) is 2.49. The molecule has 3 rings (SSSR count). The van der Waals surface area contributed by atoms with Crippen LogP contribution in [0.3, 0.4) is 0 Å². The second kappa shape index (κ2) is 6.00. The number of aromatic nitrogens is 1. The van der Waals surface area contributed by atoms with Crippen molar-refractivity contribution < 1.29 is 4.74 Å². The van der Waals surface area contributed by atoms with Crippen molar-refractivity contribution in [2.75, 3.05) is 23.9 Å². The summed E-state index contributed by atoms with van der Waals surface area (Å²) in [7, 11) is 1.70. The fourth-order valence-electron chi connectivity index (χ4n) is 2.75. The number of nitrogens with zero attached hydrogens (tertiary/aromatic N) is 2. The van der Waals surface area contributed by atoms with Crippen LogP contribution < -0.4 is 9.64 Å². The number of pyridine rings is 1. The van der Waals surface area contributed by atoms with E-state index in [1.165, 1.54) is 30.0 Å². The largest absolute Gasteiger partial charge is 0.497 e. The van der Waals surface area contributed by atoms with Crippen LogP contribution in [0.15, 0.2) is 30.5 Å². The summed E-state index contributed by atoms with van der Waals surface area (Å²) in [5.74, 6) is 2.00. The first-order chi connectivity index (χ1) is 9.83. The first-order valence-electron chi connectivity index (χ1n) is 7.09. The molecule has 0 atom stereocenters. The van der Waals surface area contributed by atoms with E-state index in [2.05, 4.69) is 44.0 Å². The van der Waals surface area contributed by atoms with E-state index in [9.17, 15) is 0 Å². The summed E-state index contributed by atoms with van der Waals surface area (Å²) in [6, 6.07) is 8.91. The molecule has 0 radical (unpaired) electrons. The van der Waals surface area contributed by atoms with E-state index in [4.69, 9.17) is 4.74 Å². The smallest absolute Gasteiger partial charge is 0.136 e. The van der Waals surface area contributed by atoms with E-state index in [0.717, 1.165) is 23.4 Å². The van der Waals surface area contributed by atoms with Gasteiger partial charge in [0.15, 0.2) is 0 Å². The molecule has 0 N–H and O–H groups in total. The summed E-state index contributed by atoms with van der Waals surface area (Å²) in [6.45, 7) is 1.00. The lowest BCUT2D eigenvalue weighted by molar-refractivity contribution is 0.390. The van der Waals surface area contributed by atoms with Crippen LogP contribution in [0.4, 0.5) is 5.82 Å². The number of hydrogen-bond acceptors (Lipinski definition) is 3. The van der Waals surface area contributed by atoms with Gasteiger partial charge in [-0.3, -0.25) is 0 Å². The van der Waals surface area contributed by atoms with Gasteiger partial charge in [0.1, 0.15) is 11.6 Å². The van der Waals surface area contributed by atoms with Crippen LogP contribution in [0.5, 0.6) is 5.75 Å². The molecule has 1 aliphatic rings. The summed E-state index contributed by atoms with van der Waals surface area (Å²) < 4.78 is 5.31. The van der Waals surface area contributed by atoms with Crippen molar-refractivity contribution in [1.29, 1.82) is 0 Å². The fourth-order valence-corrected chi connectivity index (χ4v) is 3.13. The average molecular weight is 335 g/mol. The molecule has 1 heterocycles. The molecule has 0 unspecified atom stereocenters. The van der Waals surface area contributed by atoms with Crippen LogP contribution in [-0.2, 0) is 0 Å². The summed E-state index contributed by atoms with van der Waals surface area (Å²) in [5.41, 5.74) is 0. The number of hydrogen-bond donors (Lipinski definition) is 0. The number of alkyl halides is 1. The average Bonchev–Trinajstić information content (AvgIpc) is 2.43. The van der Waals surface area contributed by atoms with Gasteiger partial charge in [-0.05, 0) is 48.9 Å². The zero-order valence-corrected chi connectivity index (χ0v) is 13.3. The molecule has 0 saturated heterocycles. The zero-order chi connectivity index (χ0) is 13.9. The SMILES string of the molecule is COc1ccc2c(N(CCBr)C3CCC3)nccc2c1. The van der Waals surface area contributed by atoms with Gasteiger partial charge >= 0.3 is 0 Å². The number of halogens is 1. The monoisotopic (exact) mass is 334 g/mol. The lowest BCUT2D eigenvalue weighted by Gasteiger charge is -2.38. The van der Waals surface area contributed by atoms with Crippen molar-refractivity contribution in [2.45, 2.75) is 25.3 Å². The molecule has 4 heteroatoms. The van der Waals surface area contributed by atoms with Crippen LogP contribution in [0.25, 0.3) is 10.8 Å². The minimum Gasteiger partial charge on any atom is -0.497 e. The highest BCUT2D eigenvalue weighted by atomic mass is 79.9. The third-order valence-electron chi connectivity index (χ3n) is 4.06. The number of ether oxygens (including phenoxy) is 1. The highest BCUT2D eigenvalue weighted by Crippen LogP contribution is 2.33. The molecular formula is C16H19BrN2O. The second-order valence-corrected chi connectivity index (χ2v) is 5.98. The van der Waals surface area contributed by atoms with E-state index in [1.54, 1.807) is 7.11 Å². The Kier molecular flexibility index (Phi) is 4.10. The minimum atomic E-state index is 0.646. The van der Waals surface area contributed by atoms with Gasteiger partial charge in [-0.15, -0.1) is 0 Å². The molecule has 20 heavy (non-hydrogen) atoms. The van der Waals surface area contributed by atoms with E-state index >= 15 is 0 Å². The van der Waals surface area contributed by atoms with Gasteiger partial charge < -0.3 is 9.64 Å². The van der Waals surface area contributed by atoms with E-state index < -0.39 is 0 Å². The van der Waals surface area contributed by atoms with Gasteiger partial charge in [0.2, 0.25) is 0 Å². The van der Waals surface area contributed by atoms with Gasteiger partial charge in [0.05, 0.1) is 7.11 Å². The van der Waals surface area contributed by atoms with Crippen LogP contribution in [-0.4, -0.2) is 30.0 Å². The predicted octanol–water partition coefficient (Wildman–Crippen LogP) is 4.00. The Morgan fingerprint density at radius 3 is 2.85 bits per heavy atom. The lowest BCUT2D eigenvalue weighted by Crippen LogP contribution is -2.42. The van der Waals surface area contributed by atoms with Gasteiger partial charge in [-0.1, -0.05) is 15.9 Å². The van der Waals surface area contributed by atoms with Crippen LogP contribution >= 0.6 is 15.9 Å². The molecule has 106 valence electrons. The molecule has 1 saturated carbocycles. The highest BCUT2D eigenvalue weighted by Gasteiger charge is 2.26. The molecule has 0 spiro atoms. The van der Waals surface area contributed by atoms with E-state index in [1.807, 2.05) is 12.3 Å². The molecule has 0 bridgehead atoms. The Balaban J connectivity index is 2.04. The first-order valence-corrected chi connectivity index (χ1v) is 8.21. The third-order valence-corrected chi connectivity index (χ3v) is 4.42. The Bertz CT molecular complexity index is 598. The molecule has 1 aromatic carbocycles. The maximum atomic E-state index is 5.31. The fraction of sp³-hybridized carbons (Fsp3) is 0.438. The van der Waals surface area contributed by atoms with Gasteiger partial charge in [0.25, 0.3) is 0 Å². The standard InChI is InChI=1S/C16H19BrN2O/c1-20-14-5-6-15-12(11-14)7-9-18-16(15)19(10-8-17)13-3-2-4-13/h5-7,9,11,13H,2-4,8,10H2,1H3. The van der Waals surface area contributed by atoms with Gasteiger partial charge in [0, 0.05) is 29.5 Å². The summed E-state index contributed by atoms with van der Waals surface area (Å²) in [6.07, 6.45) is 5.79. The molecule has 0 amide bonds. The number of anilines is 1. The van der Waals surface area contributed by atoms with Crippen molar-refractivity contribution >= 4 is 32.5 Å². The van der Waals surface area contributed by atoms with Crippen molar-refractivity contribution in [3.05, 3.63) is 30.5 Å². The molecule has 1 fully saturated rings. The van der Waals surface area contributed by atoms with Crippen LogP contribution in [0.2, 0.25) is 0 Å². The van der Waals surface area contributed by atoms with Gasteiger partial charge in [-0.25, -0.2) is 4.98 Å². The zero-order valence-electron chi connectivity index (χ0n) is 11.7. The Morgan fingerprint density at radius 1 is 1.35 bits per heavy atom. The molecule has 0 aliphatic heterocycles. The Labute approximate surface area is 128 Å². The number of benzene rings is 1. The number of methoxy groups -OCH3 is 1. The quantitative estimate of drug-likeness (QED) is 0.773. The summed E-state index contributed by atoms with van der Waals surface area (Å²) in [4.78, 5) is 7.10. The number of fused-ring (bicyclic) bond motifs is 1. The maximum Gasteiger partial charge on any atom is 0.136 e. The molecule has 1 aromatic heterocycles. The first kappa shape index (κ1) is 13.7. The molecule has 3 nitrogen and oxygen atoms in total. The minimum absolute atomic E-state index is 0.646. The highest BCUT2D eigenvalue weighted by molar-refractivity contribution is 9.09. The van der Waals surface area contributed by atoms with Crippen LogP contribution in [0.1, 0.15) is 19.3 Å². The summed E-state index contributed by atoms with van der Waals surface area (Å²) >= 11 is 3.57. The lowest BCUT2D eigenvalue weighted by atomic mass is 9.91. The normalized spacial score (nSPS) is 15.1. The van der Waals surface area contributed by atoms with Crippen molar-refractivity contribution in [2.24, 2.45) is 0 Å². The van der Waals surface area contributed by atoms with Crippen molar-refractivity contribution in [3.63, 3.8) is 0 Å². The molecule has 2 aromatic rings. The van der Waals surface area contributed by atoms with E-state index in [0.29, 0.717) is 6.04 Å². The van der Waals surface area contributed by atoms with Crippen LogP contribution in [0, 0.1) is 0 Å². The molecular weight excluding hydrogens is 316 g/mol. The topological polar surface area (TPSA) is 25.4 Å². The van der Waals surface area contributed by atoms with E-state index in [-0.39, 0.29) is 0 Å².